The molecule has 2 aliphatic rings. The van der Waals surface area contributed by atoms with Crippen LogP contribution in [0.3, 0.4) is 0 Å². The third kappa shape index (κ3) is 2.11. The summed E-state index contributed by atoms with van der Waals surface area (Å²) in [6.07, 6.45) is 2.42. The van der Waals surface area contributed by atoms with E-state index in [4.69, 9.17) is 0 Å². The fourth-order valence-corrected chi connectivity index (χ4v) is 3.25. The number of nitrogens with zero attached hydrogens (tertiary/aromatic N) is 1. The average Bonchev–Trinajstić information content (AvgIpc) is 2.77. The number of hydrogen-bond acceptors (Lipinski definition) is 2. The zero-order chi connectivity index (χ0) is 10.8. The molecular weight excluding hydrogens is 184 g/mol. The molecule has 2 nitrogen and oxygen atoms in total. The molecule has 0 aliphatic carbocycles. The van der Waals surface area contributed by atoms with Crippen molar-refractivity contribution >= 4 is 0 Å². The van der Waals surface area contributed by atoms with Gasteiger partial charge in [0.1, 0.15) is 0 Å². The lowest BCUT2D eigenvalue weighted by Crippen LogP contribution is -2.36. The molecule has 0 aromatic carbocycles. The Balaban J connectivity index is 1.98. The molecule has 2 heteroatoms. The molecule has 3 atom stereocenters. The number of rotatable bonds is 4. The molecular formula is C13H24N2. The van der Waals surface area contributed by atoms with Gasteiger partial charge in [0.15, 0.2) is 0 Å². The summed E-state index contributed by atoms with van der Waals surface area (Å²) in [4.78, 5) is 2.67. The molecule has 0 radical (unpaired) electrons. The van der Waals surface area contributed by atoms with Crippen LogP contribution >= 0.6 is 0 Å². The van der Waals surface area contributed by atoms with E-state index >= 15 is 0 Å². The quantitative estimate of drug-likeness (QED) is 0.710. The van der Waals surface area contributed by atoms with E-state index in [9.17, 15) is 0 Å². The Labute approximate surface area is 93.7 Å². The summed E-state index contributed by atoms with van der Waals surface area (Å²) in [5.41, 5.74) is 1.39. The van der Waals surface area contributed by atoms with Crippen molar-refractivity contribution in [3.63, 3.8) is 0 Å². The zero-order valence-corrected chi connectivity index (χ0v) is 10.1. The minimum atomic E-state index is 0.799. The Morgan fingerprint density at radius 3 is 2.87 bits per heavy atom. The summed E-state index contributed by atoms with van der Waals surface area (Å²) in [6.45, 7) is 13.6. The summed E-state index contributed by atoms with van der Waals surface area (Å²) in [5, 5.41) is 3.53. The van der Waals surface area contributed by atoms with E-state index in [1.807, 2.05) is 0 Å². The molecule has 2 saturated heterocycles. The largest absolute Gasteiger partial charge is 0.316 e. The van der Waals surface area contributed by atoms with E-state index in [-0.39, 0.29) is 0 Å². The molecule has 0 aromatic rings. The van der Waals surface area contributed by atoms with Gasteiger partial charge in [0.05, 0.1) is 0 Å². The van der Waals surface area contributed by atoms with Crippen molar-refractivity contribution in [2.75, 3.05) is 26.2 Å². The predicted molar refractivity (Wildman–Crippen MR) is 64.9 cm³/mol. The SMILES string of the molecule is C=C(CC)CN1CC2CNCC2C1CC. The van der Waals surface area contributed by atoms with E-state index in [2.05, 4.69) is 30.6 Å². The fourth-order valence-electron chi connectivity index (χ4n) is 3.25. The van der Waals surface area contributed by atoms with E-state index in [0.717, 1.165) is 30.8 Å². The van der Waals surface area contributed by atoms with Crippen LogP contribution in [-0.4, -0.2) is 37.1 Å². The summed E-state index contributed by atoms with van der Waals surface area (Å²) in [5.74, 6) is 1.80. The molecule has 2 heterocycles. The van der Waals surface area contributed by atoms with Gasteiger partial charge in [0, 0.05) is 19.1 Å². The van der Waals surface area contributed by atoms with E-state index in [1.54, 1.807) is 0 Å². The maximum absolute atomic E-state index is 4.14. The van der Waals surface area contributed by atoms with Crippen LogP contribution in [0, 0.1) is 11.8 Å². The van der Waals surface area contributed by atoms with Crippen molar-refractivity contribution in [3.8, 4) is 0 Å². The Morgan fingerprint density at radius 1 is 1.40 bits per heavy atom. The molecule has 15 heavy (non-hydrogen) atoms. The highest BCUT2D eigenvalue weighted by Crippen LogP contribution is 2.34. The summed E-state index contributed by atoms with van der Waals surface area (Å²) < 4.78 is 0. The second-order valence-corrected chi connectivity index (χ2v) is 5.09. The van der Waals surface area contributed by atoms with Crippen molar-refractivity contribution in [3.05, 3.63) is 12.2 Å². The summed E-state index contributed by atoms with van der Waals surface area (Å²) >= 11 is 0. The van der Waals surface area contributed by atoms with Gasteiger partial charge < -0.3 is 5.32 Å². The third-order valence-electron chi connectivity index (χ3n) is 4.17. The lowest BCUT2D eigenvalue weighted by molar-refractivity contribution is 0.234. The van der Waals surface area contributed by atoms with E-state index in [0.29, 0.717) is 0 Å². The second kappa shape index (κ2) is 4.67. The molecule has 2 aliphatic heterocycles. The van der Waals surface area contributed by atoms with Crippen molar-refractivity contribution < 1.29 is 0 Å². The van der Waals surface area contributed by atoms with Gasteiger partial charge in [0.2, 0.25) is 0 Å². The normalized spacial score (nSPS) is 35.7. The topological polar surface area (TPSA) is 15.3 Å². The molecule has 2 fully saturated rings. The summed E-state index contributed by atoms with van der Waals surface area (Å²) in [7, 11) is 0. The Bertz CT molecular complexity index is 237. The van der Waals surface area contributed by atoms with Crippen LogP contribution in [0.25, 0.3) is 0 Å². The van der Waals surface area contributed by atoms with Gasteiger partial charge in [-0.1, -0.05) is 26.0 Å². The van der Waals surface area contributed by atoms with Gasteiger partial charge in [-0.2, -0.15) is 0 Å². The Hall–Kier alpha value is -0.340. The fraction of sp³-hybridized carbons (Fsp3) is 0.846. The van der Waals surface area contributed by atoms with E-state index < -0.39 is 0 Å². The Morgan fingerprint density at radius 2 is 2.20 bits per heavy atom. The first kappa shape index (κ1) is 11.2. The van der Waals surface area contributed by atoms with Gasteiger partial charge in [-0.05, 0) is 37.8 Å². The van der Waals surface area contributed by atoms with Gasteiger partial charge in [-0.25, -0.2) is 0 Å². The number of nitrogens with one attached hydrogen (secondary N) is 1. The highest BCUT2D eigenvalue weighted by atomic mass is 15.2. The molecule has 0 amide bonds. The molecule has 2 rings (SSSR count). The van der Waals surface area contributed by atoms with Gasteiger partial charge in [-0.15, -0.1) is 0 Å². The number of fused-ring (bicyclic) bond motifs is 1. The van der Waals surface area contributed by atoms with Crippen LogP contribution in [0.1, 0.15) is 26.7 Å². The molecule has 0 aromatic heterocycles. The Kier molecular flexibility index (Phi) is 3.47. The minimum absolute atomic E-state index is 0.799. The molecule has 1 N–H and O–H groups in total. The smallest absolute Gasteiger partial charge is 0.0193 e. The van der Waals surface area contributed by atoms with Crippen LogP contribution < -0.4 is 5.32 Å². The maximum Gasteiger partial charge on any atom is 0.0193 e. The third-order valence-corrected chi connectivity index (χ3v) is 4.17. The first-order valence-corrected chi connectivity index (χ1v) is 6.37. The highest BCUT2D eigenvalue weighted by molar-refractivity contribution is 5.04. The first-order valence-electron chi connectivity index (χ1n) is 6.37. The van der Waals surface area contributed by atoms with Crippen molar-refractivity contribution in [2.24, 2.45) is 11.8 Å². The van der Waals surface area contributed by atoms with Crippen LogP contribution in [0.2, 0.25) is 0 Å². The standard InChI is InChI=1S/C13H24N2/c1-4-10(3)8-15-9-11-6-14-7-12(11)13(15)5-2/h11-14H,3-9H2,1-2H3. The average molecular weight is 208 g/mol. The van der Waals surface area contributed by atoms with Crippen LogP contribution in [-0.2, 0) is 0 Å². The molecule has 0 bridgehead atoms. The molecule has 86 valence electrons. The van der Waals surface area contributed by atoms with Crippen molar-refractivity contribution in [1.29, 1.82) is 0 Å². The second-order valence-electron chi connectivity index (χ2n) is 5.09. The zero-order valence-electron chi connectivity index (χ0n) is 10.1. The van der Waals surface area contributed by atoms with Gasteiger partial charge >= 0.3 is 0 Å². The maximum atomic E-state index is 4.14. The van der Waals surface area contributed by atoms with E-state index in [1.165, 1.54) is 31.6 Å². The highest BCUT2D eigenvalue weighted by Gasteiger charge is 2.42. The summed E-state index contributed by atoms with van der Waals surface area (Å²) in [6, 6.07) is 0.799. The van der Waals surface area contributed by atoms with Gasteiger partial charge in [0.25, 0.3) is 0 Å². The van der Waals surface area contributed by atoms with Crippen LogP contribution in [0.4, 0.5) is 0 Å². The minimum Gasteiger partial charge on any atom is -0.316 e. The van der Waals surface area contributed by atoms with Crippen LogP contribution in [0.15, 0.2) is 12.2 Å². The first-order chi connectivity index (χ1) is 7.26. The molecule has 0 spiro atoms. The number of hydrogen-bond donors (Lipinski definition) is 1. The van der Waals surface area contributed by atoms with Gasteiger partial charge in [-0.3, -0.25) is 4.90 Å². The monoisotopic (exact) mass is 208 g/mol. The van der Waals surface area contributed by atoms with Crippen molar-refractivity contribution in [1.82, 2.24) is 10.2 Å². The lowest BCUT2D eigenvalue weighted by Gasteiger charge is -2.27. The molecule has 3 unspecified atom stereocenters. The molecule has 0 saturated carbocycles. The lowest BCUT2D eigenvalue weighted by atomic mass is 9.93. The predicted octanol–water partition coefficient (Wildman–Crippen LogP) is 1.88. The van der Waals surface area contributed by atoms with Crippen molar-refractivity contribution in [2.45, 2.75) is 32.7 Å². The van der Waals surface area contributed by atoms with Crippen LogP contribution in [0.5, 0.6) is 0 Å². The number of likely N-dealkylation sites (tertiary alicyclic amines) is 1.